The van der Waals surface area contributed by atoms with E-state index in [1.807, 2.05) is 0 Å². The van der Waals surface area contributed by atoms with E-state index in [0.29, 0.717) is 0 Å². The molecule has 0 unspecified atom stereocenters. The fourth-order valence-corrected chi connectivity index (χ4v) is 0. The zero-order chi connectivity index (χ0) is 0. The quantitative estimate of drug-likeness (QED) is 0.204. The molecule has 0 fully saturated rings. The van der Waals surface area contributed by atoms with Crippen molar-refractivity contribution >= 4 is 0 Å². The molecule has 0 atom stereocenters. The smallest absolute Gasteiger partial charge is 3.00 e. The summed E-state index contributed by atoms with van der Waals surface area (Å²) in [6.45, 7) is 0. The van der Waals surface area contributed by atoms with E-state index in [1.54, 1.807) is 0 Å². The Hall–Kier alpha value is 29.1. The van der Waals surface area contributed by atoms with Gasteiger partial charge in [0.15, 0.2) is 0 Å². The second kappa shape index (κ2) is 3780. The van der Waals surface area contributed by atoms with Gasteiger partial charge >= 0.3 is 977 Å². The van der Waals surface area contributed by atoms with Crippen LogP contribution >= 0.6 is 0 Å². The first-order chi connectivity index (χ1) is 0. The minimum atomic E-state index is 0. The van der Waals surface area contributed by atoms with Crippen LogP contribution in [0.1, 0.15) is 0 Å². The molecule has 0 saturated heterocycles. The van der Waals surface area contributed by atoms with Gasteiger partial charge in [0.25, 0.3) is 0 Å². The Bertz CT molecular complexity index is 115. The number of nitrogens with zero attached hydrogens (tertiary/aromatic N) is 75. The molecule has 0 aliphatic rings. The molecule has 0 heterocycles. The van der Waals surface area contributed by atoms with E-state index in [-0.39, 0.29) is 1440 Å². The number of rotatable bonds is 0. The fraction of sp³-hybridized carbons (Fsp3) is 0. The molecule has 0 aromatic carbocycles. The first-order valence-corrected chi connectivity index (χ1v) is 0. The van der Waals surface area contributed by atoms with Crippen LogP contribution in [-0.4, -0.2) is 0 Å². The van der Waals surface area contributed by atoms with Crippen molar-refractivity contribution in [1.82, 2.24) is 0 Å². The molecule has 120 heteroatoms. The molecular weight excluding hydrogens is 3200 g/mol. The van der Waals surface area contributed by atoms with Gasteiger partial charge in [-0.3, -0.25) is 0 Å². The average molecular weight is 3200 g/mol. The molecule has 75 nitrogen and oxygen atoms in total. The minimum absolute atomic E-state index is 0. The van der Waals surface area contributed by atoms with E-state index < -0.39 is 0 Å². The van der Waals surface area contributed by atoms with Crippen molar-refractivity contribution in [3.05, 3.63) is 461 Å². The van der Waals surface area contributed by atoms with Crippen molar-refractivity contribution in [3.8, 4) is 0 Å². The Morgan fingerprint density at radius 3 is 0.0167 bits per heavy atom. The summed E-state index contributed by atoms with van der Waals surface area (Å²) >= 11 is 0. The third-order valence-electron chi connectivity index (χ3n) is 0. The van der Waals surface area contributed by atoms with Crippen LogP contribution in [0.25, 0.3) is 461 Å². The predicted molar refractivity (Wildman–Crippen MR) is 252 cm³/mol. The zero-order valence-corrected chi connectivity index (χ0v) is 126. The van der Waals surface area contributed by atoms with Crippen molar-refractivity contribution in [2.24, 2.45) is 0 Å². The summed E-state index contributed by atoms with van der Waals surface area (Å²) < 4.78 is 0. The maximum Gasteiger partial charge on any atom is 4.00 e. The van der Waals surface area contributed by atoms with Gasteiger partial charge in [-0.05, 0) is 0 Å². The van der Waals surface area contributed by atoms with Crippen LogP contribution in [0, 0.1) is 0 Å². The molecule has 0 N–H and O–H groups in total. The van der Waals surface area contributed by atoms with Crippen LogP contribution in [0.15, 0.2) is 0 Å². The topological polar surface area (TPSA) is 2290 Å². The Morgan fingerprint density at radius 2 is 0.0167 bits per heavy atom. The van der Waals surface area contributed by atoms with Crippen molar-refractivity contribution in [3.63, 3.8) is 0 Å². The van der Waals surface area contributed by atoms with Crippen molar-refractivity contribution < 1.29 is 977 Å². The maximum absolute atomic E-state index is 0. The molecule has 600 valence electrons. The SMILES string of the molecule is [N-3].[N-3].[N-3].[N-3].[N-3].[N-3].[N-3].[N-3].[N-3].[N-3].[N-3].[N-3].[N-3].[N-3].[N-3].[N-3].[N-3].[N-3].[N-3].[N-3].[N-3].[N-3].[N-3].[N-3].[N-3].[N-3].[N-3].[N-3].[N-3].[N-3].[N-3].[N-3].[N-3].[N-3].[N-3].[N-3].[N-3].[N-3].[N-3].[N-3].[N-3].[N-3].[N-3].[N-3].[N-3].[N-3].[N-3].[N-3].[N-3].[N-3].[N-3].[N-3].[N-3].[N-3].[N-3].[N-3].[N-3].[N-3].[N-3].[N-3].[N-3].[N-3].[N-3].[N-3].[N-3].[N-3].[N-3].[N-3].[N-3].[N-3].[N-3].[N-3].[N-3].[N-3].[N-3].[Ti+4].[Ti+4].[Ti+4].[Ti+4].[Ti+4].[Ti+4].[Ti+4].[Ti+4].[Ti+4].[Ti+4].[Ti+4].[Ti+4].[Ti+4].[Ti+4].[Ti+4].[Ti+4].[Ti+4].[Ti+4].[Ti+4].[Ti+4].[Ti+4].[Ti+4].[Ti+4].[Ti+4].[Ti+4].[Ti+4].[Ti+4].[Ti+4].[Ti+4].[Ti+4].[Ti+4].[Ti+4].[Ti+4].[Ti+4].[Ti+4].[Ti+4].[Ti+4].[Ti+4].[Ti+4].[Ti+4].[Ti+4].[Ti+4].[Ti+4].[Ti+4].[Ti+4]. The van der Waals surface area contributed by atoms with Crippen LogP contribution < -0.4 is 0 Å². The van der Waals surface area contributed by atoms with Crippen LogP contribution in [0.5, 0.6) is 0 Å². The van der Waals surface area contributed by atoms with Gasteiger partial charge < -0.3 is 461 Å². The van der Waals surface area contributed by atoms with E-state index in [9.17, 15) is 0 Å². The van der Waals surface area contributed by atoms with E-state index in [4.69, 9.17) is 0 Å². The van der Waals surface area contributed by atoms with E-state index in [0.717, 1.165) is 0 Å². The summed E-state index contributed by atoms with van der Waals surface area (Å²) in [5, 5.41) is 0. The van der Waals surface area contributed by atoms with Gasteiger partial charge in [0.2, 0.25) is 0 Å². The fourth-order valence-electron chi connectivity index (χ4n) is 0. The second-order valence-corrected chi connectivity index (χ2v) is 0. The van der Waals surface area contributed by atoms with Crippen molar-refractivity contribution in [1.29, 1.82) is 0 Å². The van der Waals surface area contributed by atoms with E-state index in [1.165, 1.54) is 0 Å². The molecule has 0 saturated carbocycles. The standard InChI is InChI=1S/75N.45Ti/q75*-3;45*+4. The van der Waals surface area contributed by atoms with Gasteiger partial charge in [-0.25, -0.2) is 0 Å². The third-order valence-corrected chi connectivity index (χ3v) is 0. The molecule has 0 aromatic rings. The summed E-state index contributed by atoms with van der Waals surface area (Å²) in [6.07, 6.45) is 0. The molecule has 0 amide bonds. The molecule has 0 aromatic heterocycles. The first kappa shape index (κ1) is 3850. The van der Waals surface area contributed by atoms with Crippen LogP contribution in [0.3, 0.4) is 0 Å². The van der Waals surface area contributed by atoms with Gasteiger partial charge in [0.05, 0.1) is 0 Å². The van der Waals surface area contributed by atoms with Gasteiger partial charge in [0.1, 0.15) is 0 Å². The molecular formula is N75Ti45-45. The third kappa shape index (κ3) is 3700. The van der Waals surface area contributed by atoms with E-state index in [2.05, 4.69) is 0 Å². The van der Waals surface area contributed by atoms with Crippen LogP contribution in [-0.2, 0) is 977 Å². The molecule has 120 heavy (non-hydrogen) atoms. The molecule has 0 spiro atoms. The van der Waals surface area contributed by atoms with Gasteiger partial charge in [0, 0.05) is 0 Å². The minimum Gasteiger partial charge on any atom is -3.00 e. The monoisotopic (exact) mass is 3210 g/mol. The van der Waals surface area contributed by atoms with Crippen molar-refractivity contribution in [2.45, 2.75) is 0 Å². The molecule has 0 aliphatic carbocycles. The van der Waals surface area contributed by atoms with Gasteiger partial charge in [-0.2, -0.15) is 0 Å². The largest absolute Gasteiger partial charge is 4.00 e. The summed E-state index contributed by atoms with van der Waals surface area (Å²) in [7, 11) is 0. The summed E-state index contributed by atoms with van der Waals surface area (Å²) in [5.74, 6) is 0. The molecule has 0 rings (SSSR count). The van der Waals surface area contributed by atoms with E-state index >= 15 is 0 Å². The maximum atomic E-state index is 0. The first-order valence-electron chi connectivity index (χ1n) is 0. The summed E-state index contributed by atoms with van der Waals surface area (Å²) in [4.78, 5) is 0. The Morgan fingerprint density at radius 1 is 0.0167 bits per heavy atom. The van der Waals surface area contributed by atoms with Crippen LogP contribution in [0.2, 0.25) is 0 Å². The summed E-state index contributed by atoms with van der Waals surface area (Å²) in [5.41, 5.74) is 0. The Kier molecular flexibility index (Phi) is 121000. The molecule has 0 bridgehead atoms. The predicted octanol–water partition coefficient (Wildman–Crippen LogP) is 21.5. The van der Waals surface area contributed by atoms with Gasteiger partial charge in [-0.15, -0.1) is 0 Å². The molecule has 0 aliphatic heterocycles. The molecule has 0 radical (unpaired) electrons. The Labute approximate surface area is 1410 Å². The number of hydrogen-bond donors (Lipinski definition) is 0. The Balaban J connectivity index is 0. The van der Waals surface area contributed by atoms with Gasteiger partial charge in [-0.1, -0.05) is 0 Å². The van der Waals surface area contributed by atoms with Crippen molar-refractivity contribution in [2.75, 3.05) is 0 Å². The average Bonchev–Trinajstić information content (AvgIpc) is 0. The normalized spacial score (nSPS) is 0. The number of hydrogen-bond acceptors (Lipinski definition) is 0. The summed E-state index contributed by atoms with van der Waals surface area (Å²) in [6, 6.07) is 0. The zero-order valence-electron chi connectivity index (χ0n) is 56.0. The second-order valence-electron chi connectivity index (χ2n) is 0. The van der Waals surface area contributed by atoms with Crippen LogP contribution in [0.4, 0.5) is 0 Å².